The normalized spacial score (nSPS) is 22.3. The molecule has 1 aromatic heterocycles. The van der Waals surface area contributed by atoms with Crippen molar-refractivity contribution in [3.8, 4) is 5.75 Å². The van der Waals surface area contributed by atoms with E-state index in [2.05, 4.69) is 18.8 Å². The molecule has 5 heteroatoms. The summed E-state index contributed by atoms with van der Waals surface area (Å²) in [5.74, 6) is 2.26. The van der Waals surface area contributed by atoms with Gasteiger partial charge in [0.25, 0.3) is 0 Å². The molecular weight excluding hydrogens is 386 g/mol. The van der Waals surface area contributed by atoms with E-state index >= 15 is 0 Å². The maximum absolute atomic E-state index is 13.5. The second-order valence-electron chi connectivity index (χ2n) is 9.30. The summed E-state index contributed by atoms with van der Waals surface area (Å²) >= 11 is 0. The van der Waals surface area contributed by atoms with Crippen LogP contribution in [0.1, 0.15) is 57.6 Å². The fourth-order valence-corrected chi connectivity index (χ4v) is 4.20. The Morgan fingerprint density at radius 2 is 2.00 bits per heavy atom. The number of aromatic nitrogens is 1. The van der Waals surface area contributed by atoms with Gasteiger partial charge in [0.2, 0.25) is 5.91 Å². The number of rotatable bonds is 10. The smallest absolute Gasteiger partial charge is 0.230 e. The Hall–Kier alpha value is -2.40. The average molecular weight is 422 g/mol. The first kappa shape index (κ1) is 21.8. The number of benzene rings is 1. The number of ether oxygens (including phenoxy) is 1. The molecule has 1 aromatic carbocycles. The molecule has 0 saturated heterocycles. The second-order valence-corrected chi connectivity index (χ2v) is 9.30. The van der Waals surface area contributed by atoms with E-state index in [1.165, 1.54) is 19.3 Å². The molecule has 1 heterocycles. The third-order valence-corrected chi connectivity index (χ3v) is 7.07. The second kappa shape index (κ2) is 9.82. The van der Waals surface area contributed by atoms with Crippen LogP contribution < -0.4 is 15.4 Å². The van der Waals surface area contributed by atoms with E-state index in [0.717, 1.165) is 36.6 Å². The number of nitrogens with two attached hydrogens (primary N) is 1. The number of pyridine rings is 1. The molecule has 4 atom stereocenters. The van der Waals surface area contributed by atoms with Crippen molar-refractivity contribution in [3.05, 3.63) is 54.4 Å². The summed E-state index contributed by atoms with van der Waals surface area (Å²) in [5.41, 5.74) is 8.37. The number of amides is 1. The fraction of sp³-hybridized carbons (Fsp3) is 0.538. The van der Waals surface area contributed by atoms with Crippen molar-refractivity contribution in [1.29, 1.82) is 0 Å². The third-order valence-electron chi connectivity index (χ3n) is 7.07. The zero-order chi connectivity index (χ0) is 21.8. The molecule has 4 unspecified atom stereocenters. The van der Waals surface area contributed by atoms with Crippen LogP contribution in [0.25, 0.3) is 0 Å². The quantitative estimate of drug-likeness (QED) is 0.600. The Bertz CT molecular complexity index is 851. The molecule has 166 valence electrons. The summed E-state index contributed by atoms with van der Waals surface area (Å²) in [4.78, 5) is 19.8. The minimum absolute atomic E-state index is 0.0198. The molecule has 2 aromatic rings. The summed E-state index contributed by atoms with van der Waals surface area (Å²) < 4.78 is 5.94. The van der Waals surface area contributed by atoms with Gasteiger partial charge < -0.3 is 15.4 Å². The zero-order valence-corrected chi connectivity index (χ0v) is 18.7. The molecule has 5 nitrogen and oxygen atoms in total. The molecule has 2 N–H and O–H groups in total. The molecule has 31 heavy (non-hydrogen) atoms. The van der Waals surface area contributed by atoms with Crippen molar-refractivity contribution in [2.45, 2.75) is 57.9 Å². The van der Waals surface area contributed by atoms with Gasteiger partial charge in [0.15, 0.2) is 0 Å². The average Bonchev–Trinajstić information content (AvgIpc) is 3.57. The highest BCUT2D eigenvalue weighted by Gasteiger charge is 2.47. The van der Waals surface area contributed by atoms with E-state index in [1.807, 2.05) is 47.4 Å². The fourth-order valence-electron chi connectivity index (χ4n) is 4.20. The van der Waals surface area contributed by atoms with Gasteiger partial charge in [-0.15, -0.1) is 0 Å². The van der Waals surface area contributed by atoms with Gasteiger partial charge in [0.05, 0.1) is 6.61 Å². The number of carbonyl (C=O) groups excluding carboxylic acids is 1. The Kier molecular flexibility index (Phi) is 6.91. The van der Waals surface area contributed by atoms with Crippen LogP contribution in [0.15, 0.2) is 48.7 Å². The van der Waals surface area contributed by atoms with Crippen molar-refractivity contribution < 1.29 is 9.53 Å². The Morgan fingerprint density at radius 1 is 1.23 bits per heavy atom. The SMILES string of the molecule is CCC(C)C(N)CN(C(=O)C1CC1c1ccccn1)c1ccc(OCC2CCC2)cc1. The maximum atomic E-state index is 13.5. The minimum Gasteiger partial charge on any atom is -0.493 e. The van der Waals surface area contributed by atoms with Crippen LogP contribution in [0.5, 0.6) is 5.75 Å². The van der Waals surface area contributed by atoms with E-state index in [0.29, 0.717) is 18.4 Å². The van der Waals surface area contributed by atoms with Gasteiger partial charge in [0.1, 0.15) is 5.75 Å². The lowest BCUT2D eigenvalue weighted by Crippen LogP contribution is -2.45. The van der Waals surface area contributed by atoms with Gasteiger partial charge in [-0.25, -0.2) is 0 Å². The van der Waals surface area contributed by atoms with Crippen molar-refractivity contribution >= 4 is 11.6 Å². The lowest BCUT2D eigenvalue weighted by atomic mass is 9.86. The highest BCUT2D eigenvalue weighted by atomic mass is 16.5. The molecule has 1 amide bonds. The lowest BCUT2D eigenvalue weighted by Gasteiger charge is -2.29. The van der Waals surface area contributed by atoms with Crippen LogP contribution in [-0.2, 0) is 4.79 Å². The molecule has 4 rings (SSSR count). The third kappa shape index (κ3) is 5.27. The molecule has 0 radical (unpaired) electrons. The van der Waals surface area contributed by atoms with E-state index in [-0.39, 0.29) is 23.8 Å². The van der Waals surface area contributed by atoms with Crippen LogP contribution >= 0.6 is 0 Å². The predicted molar refractivity (Wildman–Crippen MR) is 124 cm³/mol. The summed E-state index contributed by atoms with van der Waals surface area (Å²) in [6.45, 7) is 5.61. The van der Waals surface area contributed by atoms with Gasteiger partial charge >= 0.3 is 0 Å². The van der Waals surface area contributed by atoms with Crippen LogP contribution in [0.3, 0.4) is 0 Å². The van der Waals surface area contributed by atoms with Crippen LogP contribution in [0.2, 0.25) is 0 Å². The number of hydrogen-bond donors (Lipinski definition) is 1. The Labute approximate surface area is 186 Å². The largest absolute Gasteiger partial charge is 0.493 e. The molecule has 2 aliphatic rings. The van der Waals surface area contributed by atoms with Gasteiger partial charge in [0, 0.05) is 42.0 Å². The first-order valence-electron chi connectivity index (χ1n) is 11.8. The monoisotopic (exact) mass is 421 g/mol. The summed E-state index contributed by atoms with van der Waals surface area (Å²) in [5, 5.41) is 0. The van der Waals surface area contributed by atoms with Crippen molar-refractivity contribution in [3.63, 3.8) is 0 Å². The maximum Gasteiger partial charge on any atom is 0.230 e. The molecule has 0 aliphatic heterocycles. The van der Waals surface area contributed by atoms with Crippen LogP contribution in [0.4, 0.5) is 5.69 Å². The summed E-state index contributed by atoms with van der Waals surface area (Å²) in [6.07, 6.45) is 7.51. The predicted octanol–water partition coefficient (Wildman–Crippen LogP) is 4.77. The van der Waals surface area contributed by atoms with Crippen molar-refractivity contribution in [2.75, 3.05) is 18.1 Å². The van der Waals surface area contributed by atoms with E-state index in [1.54, 1.807) is 6.20 Å². The van der Waals surface area contributed by atoms with Gasteiger partial charge in [-0.3, -0.25) is 9.78 Å². The highest BCUT2D eigenvalue weighted by Crippen LogP contribution is 2.48. The Morgan fingerprint density at radius 3 is 2.61 bits per heavy atom. The number of carbonyl (C=O) groups is 1. The molecule has 2 saturated carbocycles. The van der Waals surface area contributed by atoms with Crippen molar-refractivity contribution in [1.82, 2.24) is 4.98 Å². The standard InChI is InChI=1S/C26H35N3O2/c1-3-18(2)24(27)16-29(26(30)23-15-22(23)25-9-4-5-14-28-25)20-10-12-21(13-11-20)31-17-19-7-6-8-19/h4-5,9-14,18-19,22-24H,3,6-8,15-17,27H2,1-2H3. The topological polar surface area (TPSA) is 68.5 Å². The molecule has 2 aliphatic carbocycles. The van der Waals surface area contributed by atoms with Crippen LogP contribution in [-0.4, -0.2) is 30.1 Å². The van der Waals surface area contributed by atoms with Crippen LogP contribution in [0, 0.1) is 17.8 Å². The molecular formula is C26H35N3O2. The van der Waals surface area contributed by atoms with Gasteiger partial charge in [-0.2, -0.15) is 0 Å². The van der Waals surface area contributed by atoms with Gasteiger partial charge in [-0.1, -0.05) is 32.8 Å². The molecule has 2 fully saturated rings. The minimum atomic E-state index is -0.0597. The first-order chi connectivity index (χ1) is 15.1. The summed E-state index contributed by atoms with van der Waals surface area (Å²) in [6, 6.07) is 13.8. The molecule has 0 spiro atoms. The van der Waals surface area contributed by atoms with E-state index in [9.17, 15) is 4.79 Å². The Balaban J connectivity index is 1.46. The van der Waals surface area contributed by atoms with Crippen molar-refractivity contribution in [2.24, 2.45) is 23.5 Å². The number of nitrogens with zero attached hydrogens (tertiary/aromatic N) is 2. The number of anilines is 1. The highest BCUT2D eigenvalue weighted by molar-refractivity contribution is 5.97. The van der Waals surface area contributed by atoms with E-state index < -0.39 is 0 Å². The first-order valence-corrected chi connectivity index (χ1v) is 11.8. The van der Waals surface area contributed by atoms with E-state index in [4.69, 9.17) is 10.5 Å². The zero-order valence-electron chi connectivity index (χ0n) is 18.7. The lowest BCUT2D eigenvalue weighted by molar-refractivity contribution is -0.120. The molecule has 0 bridgehead atoms. The number of hydrogen-bond acceptors (Lipinski definition) is 4. The summed E-state index contributed by atoms with van der Waals surface area (Å²) in [7, 11) is 0. The van der Waals surface area contributed by atoms with Gasteiger partial charge in [-0.05, 0) is 67.5 Å².